The molecular formula is C13H14O2. The molecule has 78 valence electrons. The van der Waals surface area contributed by atoms with Crippen molar-refractivity contribution in [2.75, 3.05) is 7.11 Å². The summed E-state index contributed by atoms with van der Waals surface area (Å²) in [6, 6.07) is 5.86. The molecule has 0 radical (unpaired) electrons. The highest BCUT2D eigenvalue weighted by Crippen LogP contribution is 2.35. The van der Waals surface area contributed by atoms with E-state index in [0.717, 1.165) is 29.6 Å². The molecule has 2 heteroatoms. The van der Waals surface area contributed by atoms with Crippen molar-refractivity contribution in [1.29, 1.82) is 0 Å². The Bertz CT molecular complexity index is 421. The summed E-state index contributed by atoms with van der Waals surface area (Å²) in [5.41, 5.74) is 1.76. The van der Waals surface area contributed by atoms with Crippen molar-refractivity contribution in [3.05, 3.63) is 35.4 Å². The molecule has 0 bridgehead atoms. The van der Waals surface area contributed by atoms with E-state index in [0.29, 0.717) is 0 Å². The quantitative estimate of drug-likeness (QED) is 0.689. The van der Waals surface area contributed by atoms with Crippen LogP contribution in [0.3, 0.4) is 0 Å². The number of hydrogen-bond acceptors (Lipinski definition) is 2. The van der Waals surface area contributed by atoms with Gasteiger partial charge in [-0.25, -0.2) is 0 Å². The Kier molecular flexibility index (Phi) is 2.35. The zero-order valence-electron chi connectivity index (χ0n) is 8.99. The molecule has 0 amide bonds. The van der Waals surface area contributed by atoms with Gasteiger partial charge in [-0.2, -0.15) is 0 Å². The minimum atomic E-state index is -0.404. The lowest BCUT2D eigenvalue weighted by Gasteiger charge is -2.27. The lowest BCUT2D eigenvalue weighted by Crippen LogP contribution is -2.25. The van der Waals surface area contributed by atoms with Crippen LogP contribution in [0.15, 0.2) is 24.3 Å². The van der Waals surface area contributed by atoms with Crippen molar-refractivity contribution in [2.24, 2.45) is 0 Å². The fourth-order valence-corrected chi connectivity index (χ4v) is 1.95. The van der Waals surface area contributed by atoms with Crippen molar-refractivity contribution in [1.82, 2.24) is 0 Å². The van der Waals surface area contributed by atoms with Crippen molar-refractivity contribution < 1.29 is 9.53 Å². The molecule has 1 aromatic rings. The van der Waals surface area contributed by atoms with Crippen LogP contribution in [0.1, 0.15) is 24.5 Å². The van der Waals surface area contributed by atoms with E-state index in [2.05, 4.69) is 6.08 Å². The average molecular weight is 202 g/mol. The standard InChI is InChI=1S/C13H14O2/c1-13(9-14)7-3-4-10-5-6-11(15-2)8-12(10)13/h3-6,8-9H,7H2,1-2H3/t13-/m1/s1. The topological polar surface area (TPSA) is 26.3 Å². The van der Waals surface area contributed by atoms with E-state index in [-0.39, 0.29) is 0 Å². The Hall–Kier alpha value is -1.57. The Morgan fingerprint density at radius 2 is 2.27 bits per heavy atom. The van der Waals surface area contributed by atoms with Gasteiger partial charge in [0.2, 0.25) is 0 Å². The number of carbonyl (C=O) groups is 1. The summed E-state index contributed by atoms with van der Waals surface area (Å²) < 4.78 is 5.18. The predicted molar refractivity (Wildman–Crippen MR) is 60.1 cm³/mol. The molecule has 0 spiro atoms. The van der Waals surface area contributed by atoms with Crippen LogP contribution in [0, 0.1) is 0 Å². The number of benzene rings is 1. The molecule has 2 rings (SSSR count). The van der Waals surface area contributed by atoms with Gasteiger partial charge in [-0.05, 0) is 36.6 Å². The van der Waals surface area contributed by atoms with Gasteiger partial charge in [-0.1, -0.05) is 18.2 Å². The predicted octanol–water partition coefficient (Wildman–Crippen LogP) is 2.57. The number of ether oxygens (including phenoxy) is 1. The van der Waals surface area contributed by atoms with Gasteiger partial charge in [0.1, 0.15) is 12.0 Å². The number of allylic oxidation sites excluding steroid dienone is 1. The molecule has 1 aliphatic rings. The van der Waals surface area contributed by atoms with Crippen LogP contribution in [0.2, 0.25) is 0 Å². The summed E-state index contributed by atoms with van der Waals surface area (Å²) >= 11 is 0. The molecular weight excluding hydrogens is 188 g/mol. The van der Waals surface area contributed by atoms with Crippen LogP contribution >= 0.6 is 0 Å². The van der Waals surface area contributed by atoms with E-state index in [1.807, 2.05) is 31.2 Å². The fraction of sp³-hybridized carbons (Fsp3) is 0.308. The molecule has 1 aliphatic carbocycles. The third-order valence-corrected chi connectivity index (χ3v) is 2.98. The van der Waals surface area contributed by atoms with Crippen LogP contribution in [-0.2, 0) is 10.2 Å². The Morgan fingerprint density at radius 3 is 2.93 bits per heavy atom. The van der Waals surface area contributed by atoms with Crippen LogP contribution in [0.25, 0.3) is 6.08 Å². The molecule has 0 aromatic heterocycles. The smallest absolute Gasteiger partial charge is 0.130 e. The van der Waals surface area contributed by atoms with E-state index < -0.39 is 5.41 Å². The molecule has 0 unspecified atom stereocenters. The lowest BCUT2D eigenvalue weighted by molar-refractivity contribution is -0.112. The number of hydrogen-bond donors (Lipinski definition) is 0. The summed E-state index contributed by atoms with van der Waals surface area (Å²) in [7, 11) is 1.64. The first-order chi connectivity index (χ1) is 7.19. The number of carbonyl (C=O) groups excluding carboxylic acids is 1. The molecule has 15 heavy (non-hydrogen) atoms. The van der Waals surface area contributed by atoms with Gasteiger partial charge in [0.15, 0.2) is 0 Å². The summed E-state index contributed by atoms with van der Waals surface area (Å²) in [5, 5.41) is 0. The molecule has 1 atom stereocenters. The van der Waals surface area contributed by atoms with Crippen molar-refractivity contribution >= 4 is 12.4 Å². The zero-order valence-corrected chi connectivity index (χ0v) is 8.99. The average Bonchev–Trinajstić information content (AvgIpc) is 2.29. The second kappa shape index (κ2) is 3.54. The monoisotopic (exact) mass is 202 g/mol. The Labute approximate surface area is 89.6 Å². The number of methoxy groups -OCH3 is 1. The normalized spacial score (nSPS) is 23.3. The molecule has 1 aromatic carbocycles. The summed E-state index contributed by atoms with van der Waals surface area (Å²) in [6.45, 7) is 1.96. The second-order valence-electron chi connectivity index (χ2n) is 4.09. The first-order valence-electron chi connectivity index (χ1n) is 5.01. The molecule has 0 saturated heterocycles. The molecule has 0 aliphatic heterocycles. The van der Waals surface area contributed by atoms with E-state index in [1.54, 1.807) is 7.11 Å². The number of fused-ring (bicyclic) bond motifs is 1. The molecule has 2 nitrogen and oxygen atoms in total. The first kappa shape index (κ1) is 9.97. The van der Waals surface area contributed by atoms with Crippen LogP contribution in [0.4, 0.5) is 0 Å². The highest BCUT2D eigenvalue weighted by molar-refractivity contribution is 5.75. The van der Waals surface area contributed by atoms with Gasteiger partial charge < -0.3 is 9.53 Å². The zero-order chi connectivity index (χ0) is 10.9. The maximum absolute atomic E-state index is 11.2. The third kappa shape index (κ3) is 1.56. The summed E-state index contributed by atoms with van der Waals surface area (Å²) in [5.74, 6) is 0.803. The Balaban J connectivity index is 2.59. The summed E-state index contributed by atoms with van der Waals surface area (Å²) in [6.07, 6.45) is 5.88. The highest BCUT2D eigenvalue weighted by Gasteiger charge is 2.29. The van der Waals surface area contributed by atoms with Gasteiger partial charge in [-0.3, -0.25) is 0 Å². The molecule has 0 heterocycles. The summed E-state index contributed by atoms with van der Waals surface area (Å²) in [4.78, 5) is 11.2. The van der Waals surface area contributed by atoms with Gasteiger partial charge in [0.25, 0.3) is 0 Å². The maximum atomic E-state index is 11.2. The van der Waals surface area contributed by atoms with Crippen LogP contribution in [-0.4, -0.2) is 13.4 Å². The van der Waals surface area contributed by atoms with E-state index >= 15 is 0 Å². The second-order valence-corrected chi connectivity index (χ2v) is 4.09. The molecule has 0 N–H and O–H groups in total. The van der Waals surface area contributed by atoms with Crippen molar-refractivity contribution in [3.63, 3.8) is 0 Å². The lowest BCUT2D eigenvalue weighted by atomic mass is 9.75. The first-order valence-corrected chi connectivity index (χ1v) is 5.01. The van der Waals surface area contributed by atoms with Gasteiger partial charge in [0, 0.05) is 0 Å². The van der Waals surface area contributed by atoms with E-state index in [9.17, 15) is 4.79 Å². The van der Waals surface area contributed by atoms with E-state index in [1.165, 1.54) is 0 Å². The Morgan fingerprint density at radius 1 is 1.47 bits per heavy atom. The minimum absolute atomic E-state index is 0.404. The number of rotatable bonds is 2. The van der Waals surface area contributed by atoms with Gasteiger partial charge >= 0.3 is 0 Å². The van der Waals surface area contributed by atoms with Gasteiger partial charge in [-0.15, -0.1) is 0 Å². The third-order valence-electron chi connectivity index (χ3n) is 2.98. The van der Waals surface area contributed by atoms with E-state index in [4.69, 9.17) is 4.74 Å². The molecule has 0 saturated carbocycles. The van der Waals surface area contributed by atoms with Crippen molar-refractivity contribution in [3.8, 4) is 5.75 Å². The maximum Gasteiger partial charge on any atom is 0.130 e. The minimum Gasteiger partial charge on any atom is -0.497 e. The number of aldehydes is 1. The largest absolute Gasteiger partial charge is 0.497 e. The highest BCUT2D eigenvalue weighted by atomic mass is 16.5. The SMILES string of the molecule is COc1ccc2c(c1)[C@@](C)(C=O)CC=C2. The van der Waals surface area contributed by atoms with Crippen molar-refractivity contribution in [2.45, 2.75) is 18.8 Å². The molecule has 0 fully saturated rings. The fourth-order valence-electron chi connectivity index (χ4n) is 1.95. The van der Waals surface area contributed by atoms with Crippen LogP contribution < -0.4 is 4.74 Å². The van der Waals surface area contributed by atoms with Crippen LogP contribution in [0.5, 0.6) is 5.75 Å². The van der Waals surface area contributed by atoms with Gasteiger partial charge in [0.05, 0.1) is 12.5 Å².